The molecule has 5 nitrogen and oxygen atoms in total. The van der Waals surface area contributed by atoms with Gasteiger partial charge in [-0.3, -0.25) is 9.88 Å². The lowest BCUT2D eigenvalue weighted by molar-refractivity contribution is 0.281. The van der Waals surface area contributed by atoms with E-state index in [0.29, 0.717) is 11.7 Å². The summed E-state index contributed by atoms with van der Waals surface area (Å²) in [7, 11) is 2.08. The van der Waals surface area contributed by atoms with Crippen molar-refractivity contribution in [3.63, 3.8) is 0 Å². The summed E-state index contributed by atoms with van der Waals surface area (Å²) in [5, 5.41) is 3.62. The third-order valence-corrected chi connectivity index (χ3v) is 5.69. The Morgan fingerprint density at radius 1 is 1.24 bits per heavy atom. The second-order valence-electron chi connectivity index (χ2n) is 7.49. The number of halogens is 2. The van der Waals surface area contributed by atoms with Gasteiger partial charge in [0.1, 0.15) is 11.6 Å². The molecule has 4 rings (SSSR count). The molecule has 0 saturated carbocycles. The molecule has 1 fully saturated rings. The van der Waals surface area contributed by atoms with Gasteiger partial charge in [0, 0.05) is 42.3 Å². The Bertz CT molecular complexity index is 998. The van der Waals surface area contributed by atoms with Gasteiger partial charge in [-0.05, 0) is 62.7 Å². The van der Waals surface area contributed by atoms with Crippen molar-refractivity contribution in [2.24, 2.45) is 5.92 Å². The summed E-state index contributed by atoms with van der Waals surface area (Å²) in [5.41, 5.74) is 2.73. The van der Waals surface area contributed by atoms with Crippen molar-refractivity contribution < 1.29 is 4.39 Å². The number of nitrogens with zero attached hydrogens (tertiary/aromatic N) is 4. The zero-order valence-electron chi connectivity index (χ0n) is 16.4. The van der Waals surface area contributed by atoms with E-state index in [1.165, 1.54) is 0 Å². The lowest BCUT2D eigenvalue weighted by atomic mass is 9.93. The van der Waals surface area contributed by atoms with Crippen molar-refractivity contribution in [1.29, 1.82) is 0 Å². The van der Waals surface area contributed by atoms with Crippen molar-refractivity contribution in [3.05, 3.63) is 70.9 Å². The van der Waals surface area contributed by atoms with Crippen LogP contribution in [0.4, 0.5) is 10.2 Å². The molecule has 0 radical (unpaired) electrons. The van der Waals surface area contributed by atoms with Crippen LogP contribution in [0.2, 0.25) is 5.02 Å². The number of hydrogen-bond acceptors (Lipinski definition) is 5. The Hall–Kier alpha value is -2.57. The Morgan fingerprint density at radius 3 is 2.86 bits per heavy atom. The Balaban J connectivity index is 1.52. The predicted molar refractivity (Wildman–Crippen MR) is 113 cm³/mol. The van der Waals surface area contributed by atoms with E-state index >= 15 is 0 Å². The monoisotopic (exact) mass is 411 g/mol. The van der Waals surface area contributed by atoms with Crippen molar-refractivity contribution in [2.75, 3.05) is 25.5 Å². The first kappa shape index (κ1) is 19.7. The number of aromatic nitrogens is 3. The molecule has 1 N–H and O–H groups in total. The molecule has 1 aromatic carbocycles. The van der Waals surface area contributed by atoms with E-state index in [2.05, 4.69) is 32.2 Å². The molecule has 3 aromatic rings. The minimum absolute atomic E-state index is 0.134. The summed E-state index contributed by atoms with van der Waals surface area (Å²) in [6, 6.07) is 11.0. The first-order chi connectivity index (χ1) is 14.0. The molecule has 1 aliphatic heterocycles. The Labute approximate surface area is 175 Å². The SMILES string of the molecule is Cc1cc(NCC2CCN(C)C2c2ccc(Cl)c(F)c2)nc(-c2cccnc2)n1. The van der Waals surface area contributed by atoms with Crippen molar-refractivity contribution >= 4 is 17.4 Å². The lowest BCUT2D eigenvalue weighted by Crippen LogP contribution is -2.25. The molecule has 29 heavy (non-hydrogen) atoms. The molecule has 150 valence electrons. The number of hydrogen-bond donors (Lipinski definition) is 1. The molecular formula is C22H23ClFN5. The van der Waals surface area contributed by atoms with Gasteiger partial charge >= 0.3 is 0 Å². The zero-order chi connectivity index (χ0) is 20.4. The van der Waals surface area contributed by atoms with Gasteiger partial charge in [0.2, 0.25) is 0 Å². The third kappa shape index (κ3) is 4.38. The number of pyridine rings is 1. The van der Waals surface area contributed by atoms with Crippen molar-refractivity contribution in [1.82, 2.24) is 19.9 Å². The molecule has 1 aliphatic rings. The van der Waals surface area contributed by atoms with E-state index in [4.69, 9.17) is 11.6 Å². The number of likely N-dealkylation sites (tertiary alicyclic amines) is 1. The second kappa shape index (κ2) is 8.43. The fourth-order valence-electron chi connectivity index (χ4n) is 3.98. The van der Waals surface area contributed by atoms with Crippen LogP contribution in [-0.2, 0) is 0 Å². The highest BCUT2D eigenvalue weighted by molar-refractivity contribution is 6.30. The number of rotatable bonds is 5. The van der Waals surface area contributed by atoms with Crippen LogP contribution >= 0.6 is 11.6 Å². The fraction of sp³-hybridized carbons (Fsp3) is 0.318. The topological polar surface area (TPSA) is 53.9 Å². The van der Waals surface area contributed by atoms with Gasteiger partial charge in [0.05, 0.1) is 5.02 Å². The molecule has 0 spiro atoms. The van der Waals surface area contributed by atoms with Gasteiger partial charge in [-0.25, -0.2) is 14.4 Å². The molecule has 1 saturated heterocycles. The fourth-order valence-corrected chi connectivity index (χ4v) is 4.10. The highest BCUT2D eigenvalue weighted by atomic mass is 35.5. The molecule has 0 amide bonds. The maximum Gasteiger partial charge on any atom is 0.163 e. The normalized spacial score (nSPS) is 19.4. The van der Waals surface area contributed by atoms with E-state index in [1.54, 1.807) is 24.5 Å². The first-order valence-corrected chi connectivity index (χ1v) is 10.0. The number of anilines is 1. The molecule has 0 bridgehead atoms. The van der Waals surface area contributed by atoms with Crippen LogP contribution in [0.15, 0.2) is 48.8 Å². The molecular weight excluding hydrogens is 389 g/mol. The summed E-state index contributed by atoms with van der Waals surface area (Å²) in [4.78, 5) is 15.6. The van der Waals surface area contributed by atoms with E-state index in [-0.39, 0.29) is 16.9 Å². The summed E-state index contributed by atoms with van der Waals surface area (Å²) in [6.45, 7) is 3.66. The quantitative estimate of drug-likeness (QED) is 0.656. The maximum absolute atomic E-state index is 14.0. The average Bonchev–Trinajstić information content (AvgIpc) is 3.09. The third-order valence-electron chi connectivity index (χ3n) is 5.38. The molecule has 3 heterocycles. The summed E-state index contributed by atoms with van der Waals surface area (Å²) in [5.74, 6) is 1.40. The molecule has 2 unspecified atom stereocenters. The average molecular weight is 412 g/mol. The van der Waals surface area contributed by atoms with E-state index in [0.717, 1.165) is 42.1 Å². The summed E-state index contributed by atoms with van der Waals surface area (Å²) < 4.78 is 14.0. The van der Waals surface area contributed by atoms with Crippen molar-refractivity contribution in [2.45, 2.75) is 19.4 Å². The van der Waals surface area contributed by atoms with Gasteiger partial charge in [-0.15, -0.1) is 0 Å². The lowest BCUT2D eigenvalue weighted by Gasteiger charge is -2.26. The van der Waals surface area contributed by atoms with Crippen molar-refractivity contribution in [3.8, 4) is 11.4 Å². The van der Waals surface area contributed by atoms with Crippen LogP contribution in [0, 0.1) is 18.7 Å². The Kier molecular flexibility index (Phi) is 5.74. The zero-order valence-corrected chi connectivity index (χ0v) is 17.2. The number of benzene rings is 1. The van der Waals surface area contributed by atoms with Crippen LogP contribution in [0.25, 0.3) is 11.4 Å². The Morgan fingerprint density at radius 2 is 2.10 bits per heavy atom. The van der Waals surface area contributed by atoms with Gasteiger partial charge in [-0.1, -0.05) is 17.7 Å². The van der Waals surface area contributed by atoms with Gasteiger partial charge in [0.15, 0.2) is 5.82 Å². The molecule has 2 aromatic heterocycles. The minimum atomic E-state index is -0.372. The smallest absolute Gasteiger partial charge is 0.163 e. The van der Waals surface area contributed by atoms with Gasteiger partial charge < -0.3 is 5.32 Å². The van der Waals surface area contributed by atoms with Crippen LogP contribution in [0.3, 0.4) is 0 Å². The van der Waals surface area contributed by atoms with Gasteiger partial charge in [-0.2, -0.15) is 0 Å². The number of aryl methyl sites for hydroxylation is 1. The second-order valence-corrected chi connectivity index (χ2v) is 7.90. The van der Waals surface area contributed by atoms with E-state index < -0.39 is 0 Å². The highest BCUT2D eigenvalue weighted by Crippen LogP contribution is 2.37. The number of nitrogens with one attached hydrogen (secondary N) is 1. The van der Waals surface area contributed by atoms with Crippen LogP contribution in [-0.4, -0.2) is 40.0 Å². The summed E-state index contributed by atoms with van der Waals surface area (Å²) in [6.07, 6.45) is 4.52. The van der Waals surface area contributed by atoms with Crippen LogP contribution in [0.1, 0.15) is 23.7 Å². The van der Waals surface area contributed by atoms with Gasteiger partial charge in [0.25, 0.3) is 0 Å². The standard InChI is InChI=1S/C22H23ClFN5/c1-14-10-20(28-22(27-14)17-4-3-8-25-12-17)26-13-16-7-9-29(2)21(16)15-5-6-18(23)19(24)11-15/h3-6,8,10-12,16,21H,7,9,13H2,1-2H3,(H,26,27,28). The van der Waals surface area contributed by atoms with E-state index in [1.807, 2.05) is 31.2 Å². The minimum Gasteiger partial charge on any atom is -0.370 e. The van der Waals surface area contributed by atoms with Crippen LogP contribution < -0.4 is 5.32 Å². The molecule has 0 aliphatic carbocycles. The largest absolute Gasteiger partial charge is 0.370 e. The first-order valence-electron chi connectivity index (χ1n) is 9.66. The van der Waals surface area contributed by atoms with Crippen LogP contribution in [0.5, 0.6) is 0 Å². The predicted octanol–water partition coefficient (Wildman–Crippen LogP) is 4.74. The molecule has 7 heteroatoms. The maximum atomic E-state index is 14.0. The highest BCUT2D eigenvalue weighted by Gasteiger charge is 2.33. The molecule has 2 atom stereocenters. The summed E-state index contributed by atoms with van der Waals surface area (Å²) >= 11 is 5.86. The van der Waals surface area contributed by atoms with E-state index in [9.17, 15) is 4.39 Å².